The summed E-state index contributed by atoms with van der Waals surface area (Å²) < 4.78 is 0. The molecule has 6 heteroatoms. The van der Waals surface area contributed by atoms with Gasteiger partial charge in [-0.05, 0) is 57.5 Å². The highest BCUT2D eigenvalue weighted by atomic mass is 35.5. The highest BCUT2D eigenvalue weighted by molar-refractivity contribution is 5.96. The van der Waals surface area contributed by atoms with Gasteiger partial charge in [0.05, 0.1) is 0 Å². The number of amides is 1. The number of nitrogens with one attached hydrogen (secondary N) is 1. The summed E-state index contributed by atoms with van der Waals surface area (Å²) >= 11 is 0. The molecule has 1 saturated carbocycles. The lowest BCUT2D eigenvalue weighted by atomic mass is 9.75. The largest absolute Gasteiger partial charge is 0.399 e. The van der Waals surface area contributed by atoms with Gasteiger partial charge in [-0.25, -0.2) is 0 Å². The summed E-state index contributed by atoms with van der Waals surface area (Å²) in [6.07, 6.45) is 4.79. The van der Waals surface area contributed by atoms with Crippen LogP contribution in [0.15, 0.2) is 18.2 Å². The Hall–Kier alpha value is -0.970. The van der Waals surface area contributed by atoms with E-state index in [0.717, 1.165) is 18.4 Å². The minimum atomic E-state index is -0.0238. The average Bonchev–Trinajstić information content (AvgIpc) is 2.47. The maximum atomic E-state index is 12.5. The second kappa shape index (κ2) is 9.50. The molecule has 24 heavy (non-hydrogen) atoms. The van der Waals surface area contributed by atoms with E-state index in [1.807, 2.05) is 19.1 Å². The number of carbonyl (C=O) groups is 1. The SMILES string of the molecule is Cc1ccc(N)cc1C(=O)NCC1(N(C)C)CCCC(C)C1.Cl.Cl. The van der Waals surface area contributed by atoms with E-state index < -0.39 is 0 Å². The van der Waals surface area contributed by atoms with Crippen molar-refractivity contribution in [1.82, 2.24) is 10.2 Å². The zero-order valence-corrected chi connectivity index (χ0v) is 16.7. The number of aryl methyl sites for hydroxylation is 1. The van der Waals surface area contributed by atoms with Crippen molar-refractivity contribution in [3.05, 3.63) is 29.3 Å². The van der Waals surface area contributed by atoms with Gasteiger partial charge in [-0.3, -0.25) is 4.79 Å². The van der Waals surface area contributed by atoms with Gasteiger partial charge in [-0.2, -0.15) is 0 Å². The third-order valence-corrected chi connectivity index (χ3v) is 5.10. The van der Waals surface area contributed by atoms with Crippen LogP contribution >= 0.6 is 24.8 Å². The van der Waals surface area contributed by atoms with Crippen molar-refractivity contribution in [2.75, 3.05) is 26.4 Å². The first-order valence-electron chi connectivity index (χ1n) is 8.16. The highest BCUT2D eigenvalue weighted by Crippen LogP contribution is 2.35. The molecule has 1 aromatic rings. The molecule has 3 N–H and O–H groups in total. The summed E-state index contributed by atoms with van der Waals surface area (Å²) in [5.74, 6) is 0.686. The number of nitrogens with two attached hydrogens (primary N) is 1. The minimum Gasteiger partial charge on any atom is -0.399 e. The molecule has 0 spiro atoms. The third kappa shape index (κ3) is 5.27. The third-order valence-electron chi connectivity index (χ3n) is 5.10. The molecule has 0 aliphatic heterocycles. The molecule has 0 heterocycles. The van der Waals surface area contributed by atoms with E-state index in [9.17, 15) is 4.79 Å². The molecule has 2 atom stereocenters. The molecule has 2 unspecified atom stereocenters. The summed E-state index contributed by atoms with van der Waals surface area (Å²) in [6, 6.07) is 5.49. The Labute approximate surface area is 158 Å². The van der Waals surface area contributed by atoms with Crippen LogP contribution in [0.3, 0.4) is 0 Å². The topological polar surface area (TPSA) is 58.4 Å². The number of nitrogen functional groups attached to an aromatic ring is 1. The van der Waals surface area contributed by atoms with Crippen LogP contribution in [-0.4, -0.2) is 37.0 Å². The van der Waals surface area contributed by atoms with Gasteiger partial charge in [0, 0.05) is 23.3 Å². The van der Waals surface area contributed by atoms with Crippen molar-refractivity contribution in [3.63, 3.8) is 0 Å². The van der Waals surface area contributed by atoms with E-state index in [4.69, 9.17) is 5.73 Å². The molecule has 0 saturated heterocycles. The van der Waals surface area contributed by atoms with E-state index in [0.29, 0.717) is 23.7 Å². The van der Waals surface area contributed by atoms with Crippen LogP contribution in [0.2, 0.25) is 0 Å². The fourth-order valence-corrected chi connectivity index (χ4v) is 3.58. The monoisotopic (exact) mass is 375 g/mol. The lowest BCUT2D eigenvalue weighted by molar-refractivity contribution is 0.0675. The smallest absolute Gasteiger partial charge is 0.251 e. The second-order valence-electron chi connectivity index (χ2n) is 7.08. The molecule has 0 aromatic heterocycles. The Balaban J connectivity index is 0.00000264. The molecule has 1 amide bonds. The Kier molecular flexibility index (Phi) is 9.11. The van der Waals surface area contributed by atoms with Crippen molar-refractivity contribution in [2.24, 2.45) is 5.92 Å². The number of benzene rings is 1. The quantitative estimate of drug-likeness (QED) is 0.789. The van der Waals surface area contributed by atoms with Gasteiger partial charge in [-0.15, -0.1) is 24.8 Å². The van der Waals surface area contributed by atoms with Gasteiger partial charge in [0.2, 0.25) is 0 Å². The van der Waals surface area contributed by atoms with Crippen molar-refractivity contribution in [3.8, 4) is 0 Å². The number of anilines is 1. The molecule has 1 aliphatic rings. The second-order valence-corrected chi connectivity index (χ2v) is 7.08. The normalized spacial score (nSPS) is 23.1. The average molecular weight is 376 g/mol. The van der Waals surface area contributed by atoms with Gasteiger partial charge in [0.15, 0.2) is 0 Å². The molecule has 4 nitrogen and oxygen atoms in total. The van der Waals surface area contributed by atoms with Gasteiger partial charge in [0.1, 0.15) is 0 Å². The molecule has 2 rings (SSSR count). The predicted octanol–water partition coefficient (Wildman–Crippen LogP) is 3.66. The number of halogens is 2. The zero-order chi connectivity index (χ0) is 16.3. The zero-order valence-electron chi connectivity index (χ0n) is 15.1. The van der Waals surface area contributed by atoms with Crippen molar-refractivity contribution >= 4 is 36.4 Å². The van der Waals surface area contributed by atoms with Crippen LogP contribution in [0.25, 0.3) is 0 Å². The molecular weight excluding hydrogens is 345 g/mol. The van der Waals surface area contributed by atoms with Crippen LogP contribution < -0.4 is 11.1 Å². The molecule has 138 valence electrons. The van der Waals surface area contributed by atoms with E-state index >= 15 is 0 Å². The summed E-state index contributed by atoms with van der Waals surface area (Å²) in [4.78, 5) is 14.8. The van der Waals surface area contributed by atoms with Crippen molar-refractivity contribution < 1.29 is 4.79 Å². The number of nitrogens with zero attached hydrogens (tertiary/aromatic N) is 1. The van der Waals surface area contributed by atoms with Crippen molar-refractivity contribution in [1.29, 1.82) is 0 Å². The number of hydrogen-bond donors (Lipinski definition) is 2. The molecule has 0 bridgehead atoms. The number of carbonyl (C=O) groups excluding carboxylic acids is 1. The lowest BCUT2D eigenvalue weighted by Crippen LogP contribution is -2.55. The minimum absolute atomic E-state index is 0. The first-order valence-corrected chi connectivity index (χ1v) is 8.16. The first kappa shape index (κ1) is 23.0. The molecule has 1 aliphatic carbocycles. The van der Waals surface area contributed by atoms with Gasteiger partial charge in [-0.1, -0.05) is 25.8 Å². The van der Waals surface area contributed by atoms with E-state index in [-0.39, 0.29) is 36.3 Å². The highest BCUT2D eigenvalue weighted by Gasteiger charge is 2.37. The van der Waals surface area contributed by atoms with Crippen LogP contribution in [-0.2, 0) is 0 Å². The van der Waals surface area contributed by atoms with Crippen LogP contribution in [0.1, 0.15) is 48.5 Å². The molecule has 1 aromatic carbocycles. The Bertz CT molecular complexity index is 551. The Morgan fingerprint density at radius 1 is 1.38 bits per heavy atom. The molecule has 1 fully saturated rings. The summed E-state index contributed by atoms with van der Waals surface area (Å²) in [5, 5.41) is 3.14. The maximum absolute atomic E-state index is 12.5. The number of rotatable bonds is 4. The van der Waals surface area contributed by atoms with Crippen LogP contribution in [0, 0.1) is 12.8 Å². The van der Waals surface area contributed by atoms with E-state index in [1.165, 1.54) is 12.8 Å². The Morgan fingerprint density at radius 2 is 2.04 bits per heavy atom. The lowest BCUT2D eigenvalue weighted by Gasteiger charge is -2.45. The standard InChI is InChI=1S/C18H29N3O.2ClH/c1-13-6-5-9-18(11-13,21(3)4)12-20-17(22)16-10-15(19)8-7-14(16)2;;/h7-8,10,13H,5-6,9,11-12,19H2,1-4H3,(H,20,22);2*1H. The van der Waals surface area contributed by atoms with Crippen LogP contribution in [0.5, 0.6) is 0 Å². The summed E-state index contributed by atoms with van der Waals surface area (Å²) in [6.45, 7) is 4.94. The van der Waals surface area contributed by atoms with Gasteiger partial charge in [0.25, 0.3) is 5.91 Å². The van der Waals surface area contributed by atoms with E-state index in [1.54, 1.807) is 6.07 Å². The van der Waals surface area contributed by atoms with Crippen LogP contribution in [0.4, 0.5) is 5.69 Å². The summed E-state index contributed by atoms with van der Waals surface area (Å²) in [5.41, 5.74) is 8.15. The summed E-state index contributed by atoms with van der Waals surface area (Å²) in [7, 11) is 4.24. The van der Waals surface area contributed by atoms with E-state index in [2.05, 4.69) is 31.2 Å². The van der Waals surface area contributed by atoms with Crippen molar-refractivity contribution in [2.45, 2.75) is 45.1 Å². The first-order chi connectivity index (χ1) is 10.3. The number of hydrogen-bond acceptors (Lipinski definition) is 3. The maximum Gasteiger partial charge on any atom is 0.251 e. The molecule has 0 radical (unpaired) electrons. The van der Waals surface area contributed by atoms with Gasteiger partial charge >= 0.3 is 0 Å². The van der Waals surface area contributed by atoms with Gasteiger partial charge < -0.3 is 16.0 Å². The predicted molar refractivity (Wildman–Crippen MR) is 106 cm³/mol. The fraction of sp³-hybridized carbons (Fsp3) is 0.611. The molecular formula is C18H31Cl2N3O. The Morgan fingerprint density at radius 3 is 2.62 bits per heavy atom. The number of likely N-dealkylation sites (N-methyl/N-ethyl adjacent to an activating group) is 1. The fourth-order valence-electron chi connectivity index (χ4n) is 3.58.